The van der Waals surface area contributed by atoms with Gasteiger partial charge in [0.25, 0.3) is 0 Å². The van der Waals surface area contributed by atoms with Gasteiger partial charge in [-0.05, 0) is 56.0 Å². The third-order valence-corrected chi connectivity index (χ3v) is 5.86. The fourth-order valence-electron chi connectivity index (χ4n) is 3.99. The van der Waals surface area contributed by atoms with Gasteiger partial charge in [0, 0.05) is 16.7 Å². The predicted octanol–water partition coefficient (Wildman–Crippen LogP) is 3.01. The molecule has 1 heterocycles. The van der Waals surface area contributed by atoms with E-state index in [9.17, 15) is 9.59 Å². The lowest BCUT2D eigenvalue weighted by Gasteiger charge is -2.37. The van der Waals surface area contributed by atoms with Crippen LogP contribution in [0.4, 0.5) is 5.69 Å². The number of halogens is 2. The minimum Gasteiger partial charge on any atom is -0.346 e. The molecule has 5 nitrogen and oxygen atoms in total. The summed E-state index contributed by atoms with van der Waals surface area (Å²) in [5.74, 6) is 0.242. The molecule has 25 heavy (non-hydrogen) atoms. The first kappa shape index (κ1) is 20.2. The molecule has 1 aromatic carbocycles. The third-order valence-electron chi connectivity index (χ3n) is 5.36. The van der Waals surface area contributed by atoms with E-state index >= 15 is 0 Å². The number of fused-ring (bicyclic) bond motifs is 1. The van der Waals surface area contributed by atoms with Crippen molar-refractivity contribution in [1.82, 2.24) is 10.6 Å². The van der Waals surface area contributed by atoms with Crippen LogP contribution in [0, 0.1) is 18.3 Å². The van der Waals surface area contributed by atoms with Crippen molar-refractivity contribution in [2.24, 2.45) is 11.3 Å². The number of hydrogen-bond acceptors (Lipinski definition) is 3. The van der Waals surface area contributed by atoms with Crippen LogP contribution >= 0.6 is 28.3 Å². The zero-order valence-electron chi connectivity index (χ0n) is 14.4. The monoisotopic (exact) mass is 429 g/mol. The first-order valence-corrected chi connectivity index (χ1v) is 9.35. The number of aryl methyl sites for hydroxylation is 1. The number of benzene rings is 1. The van der Waals surface area contributed by atoms with Gasteiger partial charge in [0.05, 0.1) is 12.0 Å². The molecule has 0 bridgehead atoms. The van der Waals surface area contributed by atoms with Gasteiger partial charge in [0.1, 0.15) is 0 Å². The molecule has 1 saturated heterocycles. The summed E-state index contributed by atoms with van der Waals surface area (Å²) >= 11 is 3.41. The highest BCUT2D eigenvalue weighted by molar-refractivity contribution is 9.10. The molecular formula is C18H25BrClN3O2. The Morgan fingerprint density at radius 3 is 2.92 bits per heavy atom. The Hall–Kier alpha value is -1.11. The molecule has 2 atom stereocenters. The molecule has 2 fully saturated rings. The molecule has 3 N–H and O–H groups in total. The Morgan fingerprint density at radius 1 is 1.36 bits per heavy atom. The number of carbonyl (C=O) groups is 2. The van der Waals surface area contributed by atoms with E-state index in [2.05, 4.69) is 31.9 Å². The van der Waals surface area contributed by atoms with Gasteiger partial charge in [-0.2, -0.15) is 0 Å². The Kier molecular flexibility index (Phi) is 6.88. The van der Waals surface area contributed by atoms with Crippen molar-refractivity contribution in [2.45, 2.75) is 32.6 Å². The second kappa shape index (κ2) is 8.52. The number of carbonyl (C=O) groups excluding carboxylic acids is 2. The molecule has 2 aliphatic rings. The average Bonchev–Trinajstić information content (AvgIpc) is 3.00. The molecule has 0 spiro atoms. The van der Waals surface area contributed by atoms with E-state index in [1.165, 1.54) is 6.42 Å². The van der Waals surface area contributed by atoms with Crippen LogP contribution in [0.25, 0.3) is 0 Å². The molecular weight excluding hydrogens is 406 g/mol. The van der Waals surface area contributed by atoms with E-state index in [-0.39, 0.29) is 36.2 Å². The molecule has 1 aliphatic carbocycles. The Bertz CT molecular complexity index is 655. The lowest BCUT2D eigenvalue weighted by Crippen LogP contribution is -2.49. The van der Waals surface area contributed by atoms with E-state index in [0.717, 1.165) is 48.1 Å². The maximum absolute atomic E-state index is 12.7. The molecule has 1 aromatic rings. The summed E-state index contributed by atoms with van der Waals surface area (Å²) in [4.78, 5) is 24.9. The smallest absolute Gasteiger partial charge is 0.243 e. The fourth-order valence-corrected chi connectivity index (χ4v) is 4.46. The second-order valence-corrected chi connectivity index (χ2v) is 7.84. The molecule has 138 valence electrons. The van der Waals surface area contributed by atoms with Crippen LogP contribution < -0.4 is 16.0 Å². The van der Waals surface area contributed by atoms with Crippen LogP contribution in [0.15, 0.2) is 22.7 Å². The zero-order chi connectivity index (χ0) is 17.2. The Morgan fingerprint density at radius 2 is 2.16 bits per heavy atom. The summed E-state index contributed by atoms with van der Waals surface area (Å²) in [6, 6.07) is 5.69. The molecule has 2 amide bonds. The van der Waals surface area contributed by atoms with E-state index in [1.54, 1.807) is 0 Å². The van der Waals surface area contributed by atoms with Crippen molar-refractivity contribution in [3.8, 4) is 0 Å². The first-order valence-electron chi connectivity index (χ1n) is 8.56. The normalized spacial score (nSPS) is 24.8. The van der Waals surface area contributed by atoms with Crippen molar-refractivity contribution < 1.29 is 9.59 Å². The fraction of sp³-hybridized carbons (Fsp3) is 0.556. The third kappa shape index (κ3) is 4.36. The van der Waals surface area contributed by atoms with Gasteiger partial charge in [0.2, 0.25) is 11.8 Å². The van der Waals surface area contributed by atoms with E-state index < -0.39 is 0 Å². The van der Waals surface area contributed by atoms with Gasteiger partial charge >= 0.3 is 0 Å². The molecule has 0 unspecified atom stereocenters. The highest BCUT2D eigenvalue weighted by atomic mass is 79.9. The zero-order valence-corrected chi connectivity index (χ0v) is 16.8. The van der Waals surface area contributed by atoms with Gasteiger partial charge < -0.3 is 16.0 Å². The van der Waals surface area contributed by atoms with E-state index in [0.29, 0.717) is 5.92 Å². The maximum Gasteiger partial charge on any atom is 0.243 e. The summed E-state index contributed by atoms with van der Waals surface area (Å²) in [5.41, 5.74) is 1.44. The molecule has 0 aromatic heterocycles. The minimum absolute atomic E-state index is 0. The predicted molar refractivity (Wildman–Crippen MR) is 105 cm³/mol. The van der Waals surface area contributed by atoms with Gasteiger partial charge in [-0.1, -0.05) is 28.8 Å². The van der Waals surface area contributed by atoms with Crippen LogP contribution in [-0.2, 0) is 9.59 Å². The van der Waals surface area contributed by atoms with Crippen LogP contribution in [0.3, 0.4) is 0 Å². The molecule has 0 radical (unpaired) electrons. The standard InChI is InChI=1S/C18H24BrN3O2.ClH/c1-12-8-14(19)5-6-15(12)22-16(23)10-21-17(24)18-7-3-2-4-13(18)9-20-11-18;/h5-6,8,13,20H,2-4,7,9-11H2,1H3,(H,21,24)(H,22,23);1H/t13-,18+;/m0./s1. The van der Waals surface area contributed by atoms with E-state index in [1.807, 2.05) is 25.1 Å². The van der Waals surface area contributed by atoms with Crippen LogP contribution in [0.5, 0.6) is 0 Å². The number of rotatable bonds is 4. The van der Waals surface area contributed by atoms with Crippen molar-refractivity contribution in [3.05, 3.63) is 28.2 Å². The molecule has 1 saturated carbocycles. The topological polar surface area (TPSA) is 70.2 Å². The molecule has 3 rings (SSSR count). The lowest BCUT2D eigenvalue weighted by molar-refractivity contribution is -0.135. The van der Waals surface area contributed by atoms with Crippen molar-refractivity contribution in [2.75, 3.05) is 25.0 Å². The quantitative estimate of drug-likeness (QED) is 0.688. The summed E-state index contributed by atoms with van der Waals surface area (Å²) in [7, 11) is 0. The number of nitrogens with one attached hydrogen (secondary N) is 3. The largest absolute Gasteiger partial charge is 0.346 e. The Balaban J connectivity index is 0.00000225. The maximum atomic E-state index is 12.7. The van der Waals surface area contributed by atoms with Crippen LogP contribution in [0.1, 0.15) is 31.2 Å². The SMILES string of the molecule is Cc1cc(Br)ccc1NC(=O)CNC(=O)[C@@]12CCCC[C@H]1CNC2.Cl. The van der Waals surface area contributed by atoms with Crippen molar-refractivity contribution >= 4 is 45.8 Å². The highest BCUT2D eigenvalue weighted by Gasteiger charge is 2.49. The number of hydrogen-bond donors (Lipinski definition) is 3. The number of anilines is 1. The minimum atomic E-state index is -0.313. The van der Waals surface area contributed by atoms with Crippen molar-refractivity contribution in [3.63, 3.8) is 0 Å². The van der Waals surface area contributed by atoms with Gasteiger partial charge in [0.15, 0.2) is 0 Å². The highest BCUT2D eigenvalue weighted by Crippen LogP contribution is 2.43. The summed E-state index contributed by atoms with van der Waals surface area (Å²) < 4.78 is 0.975. The average molecular weight is 431 g/mol. The second-order valence-electron chi connectivity index (χ2n) is 6.92. The Labute approximate surface area is 163 Å². The van der Waals surface area contributed by atoms with Gasteiger partial charge in [-0.25, -0.2) is 0 Å². The summed E-state index contributed by atoms with van der Waals surface area (Å²) in [6.07, 6.45) is 4.31. The summed E-state index contributed by atoms with van der Waals surface area (Å²) in [6.45, 7) is 3.60. The van der Waals surface area contributed by atoms with Crippen LogP contribution in [0.2, 0.25) is 0 Å². The lowest BCUT2D eigenvalue weighted by atomic mass is 9.67. The van der Waals surface area contributed by atoms with Gasteiger partial charge in [-0.15, -0.1) is 12.4 Å². The summed E-state index contributed by atoms with van der Waals surface area (Å²) in [5, 5.41) is 9.09. The molecule has 7 heteroatoms. The van der Waals surface area contributed by atoms with Gasteiger partial charge in [-0.3, -0.25) is 9.59 Å². The van der Waals surface area contributed by atoms with E-state index in [4.69, 9.17) is 0 Å². The van der Waals surface area contributed by atoms with Crippen LogP contribution in [-0.4, -0.2) is 31.4 Å². The first-order chi connectivity index (χ1) is 11.5. The number of amides is 2. The molecule has 1 aliphatic heterocycles. The van der Waals surface area contributed by atoms with Crippen molar-refractivity contribution in [1.29, 1.82) is 0 Å².